The average molecular weight is 241 g/mol. The van der Waals surface area contributed by atoms with Crippen LogP contribution in [-0.4, -0.2) is 9.55 Å². The van der Waals surface area contributed by atoms with Crippen molar-refractivity contribution < 1.29 is 4.39 Å². The van der Waals surface area contributed by atoms with Gasteiger partial charge in [0.25, 0.3) is 0 Å². The number of rotatable bonds is 1. The van der Waals surface area contributed by atoms with Crippen molar-refractivity contribution >= 4 is 15.9 Å². The van der Waals surface area contributed by atoms with E-state index in [1.165, 1.54) is 12.1 Å². The Kier molecular flexibility index (Phi) is 2.14. The van der Waals surface area contributed by atoms with Gasteiger partial charge in [-0.15, -0.1) is 0 Å². The molecule has 4 heteroatoms. The first-order valence-corrected chi connectivity index (χ1v) is 4.50. The maximum absolute atomic E-state index is 12.6. The summed E-state index contributed by atoms with van der Waals surface area (Å²) in [6, 6.07) is 6.23. The van der Waals surface area contributed by atoms with Gasteiger partial charge in [0, 0.05) is 5.69 Å². The number of halogens is 2. The lowest BCUT2D eigenvalue weighted by Crippen LogP contribution is -1.91. The Balaban J connectivity index is 2.47. The Morgan fingerprint density at radius 3 is 2.46 bits per heavy atom. The van der Waals surface area contributed by atoms with Crippen LogP contribution in [0, 0.1) is 5.82 Å². The molecule has 0 aliphatic carbocycles. The molecule has 0 bridgehead atoms. The predicted octanol–water partition coefficient (Wildman–Crippen LogP) is 2.77. The van der Waals surface area contributed by atoms with Gasteiger partial charge < -0.3 is 0 Å². The van der Waals surface area contributed by atoms with E-state index in [1.807, 2.05) is 4.57 Å². The molecule has 2 nitrogen and oxygen atoms in total. The zero-order valence-electron chi connectivity index (χ0n) is 6.61. The summed E-state index contributed by atoms with van der Waals surface area (Å²) in [4.78, 5) is 3.94. The molecule has 0 fully saturated rings. The average Bonchev–Trinajstić information content (AvgIpc) is 2.53. The first-order valence-electron chi connectivity index (χ1n) is 3.71. The van der Waals surface area contributed by atoms with E-state index in [1.54, 1.807) is 24.7 Å². The normalized spacial score (nSPS) is 10.3. The summed E-state index contributed by atoms with van der Waals surface area (Å²) in [5.74, 6) is -0.236. The molecule has 1 heterocycles. The fraction of sp³-hybridized carbons (Fsp3) is 0. The number of nitrogens with zero attached hydrogens (tertiary/aromatic N) is 2. The van der Waals surface area contributed by atoms with Crippen LogP contribution in [0.5, 0.6) is 0 Å². The minimum absolute atomic E-state index is 0.236. The predicted molar refractivity (Wildman–Crippen MR) is 51.2 cm³/mol. The van der Waals surface area contributed by atoms with Crippen LogP contribution >= 0.6 is 15.9 Å². The van der Waals surface area contributed by atoms with Crippen molar-refractivity contribution in [3.05, 3.63) is 47.2 Å². The molecule has 2 aromatic rings. The van der Waals surface area contributed by atoms with Crippen molar-refractivity contribution in [2.45, 2.75) is 0 Å². The highest BCUT2D eigenvalue weighted by Gasteiger charge is 2.00. The maximum Gasteiger partial charge on any atom is 0.123 e. The van der Waals surface area contributed by atoms with Gasteiger partial charge >= 0.3 is 0 Å². The van der Waals surface area contributed by atoms with Gasteiger partial charge in [0.05, 0.1) is 6.20 Å². The summed E-state index contributed by atoms with van der Waals surface area (Å²) in [6.45, 7) is 0. The molecule has 0 amide bonds. The van der Waals surface area contributed by atoms with Crippen LogP contribution < -0.4 is 0 Å². The third-order valence-corrected chi connectivity index (χ3v) is 2.28. The molecule has 2 rings (SSSR count). The lowest BCUT2D eigenvalue weighted by molar-refractivity contribution is 0.627. The molecular weight excluding hydrogens is 235 g/mol. The first-order chi connectivity index (χ1) is 6.27. The molecule has 0 N–H and O–H groups in total. The Hall–Kier alpha value is -1.16. The topological polar surface area (TPSA) is 17.8 Å². The van der Waals surface area contributed by atoms with E-state index in [9.17, 15) is 4.39 Å². The Labute approximate surface area is 83.2 Å². The molecule has 0 radical (unpaired) electrons. The highest BCUT2D eigenvalue weighted by atomic mass is 79.9. The molecule has 0 spiro atoms. The van der Waals surface area contributed by atoms with Crippen LogP contribution in [0.1, 0.15) is 0 Å². The lowest BCUT2D eigenvalue weighted by Gasteiger charge is -2.02. The number of hydrogen-bond acceptors (Lipinski definition) is 1. The van der Waals surface area contributed by atoms with Crippen LogP contribution in [0.2, 0.25) is 0 Å². The van der Waals surface area contributed by atoms with E-state index in [4.69, 9.17) is 0 Å². The van der Waals surface area contributed by atoms with Crippen LogP contribution in [-0.2, 0) is 0 Å². The Bertz CT molecular complexity index is 408. The van der Waals surface area contributed by atoms with Crippen molar-refractivity contribution in [3.8, 4) is 5.69 Å². The van der Waals surface area contributed by atoms with Crippen LogP contribution in [0.3, 0.4) is 0 Å². The smallest absolute Gasteiger partial charge is 0.123 e. The largest absolute Gasteiger partial charge is 0.293 e. The highest BCUT2D eigenvalue weighted by molar-refractivity contribution is 9.10. The molecule has 0 saturated heterocycles. The summed E-state index contributed by atoms with van der Waals surface area (Å²) in [5.41, 5.74) is 0.880. The van der Waals surface area contributed by atoms with Crippen molar-refractivity contribution in [1.29, 1.82) is 0 Å². The van der Waals surface area contributed by atoms with Gasteiger partial charge in [0.2, 0.25) is 0 Å². The van der Waals surface area contributed by atoms with Crippen LogP contribution in [0.4, 0.5) is 4.39 Å². The van der Waals surface area contributed by atoms with Crippen molar-refractivity contribution in [2.24, 2.45) is 0 Å². The molecule has 0 saturated carbocycles. The van der Waals surface area contributed by atoms with Gasteiger partial charge in [-0.1, -0.05) is 0 Å². The quantitative estimate of drug-likeness (QED) is 0.750. The number of imidazole rings is 1. The number of hydrogen-bond donors (Lipinski definition) is 0. The van der Waals surface area contributed by atoms with Crippen molar-refractivity contribution in [3.63, 3.8) is 0 Å². The van der Waals surface area contributed by atoms with Crippen LogP contribution in [0.25, 0.3) is 5.69 Å². The minimum atomic E-state index is -0.236. The monoisotopic (exact) mass is 240 g/mol. The van der Waals surface area contributed by atoms with Gasteiger partial charge in [-0.3, -0.25) is 4.57 Å². The maximum atomic E-state index is 12.6. The summed E-state index contributed by atoms with van der Waals surface area (Å²) < 4.78 is 15.3. The highest BCUT2D eigenvalue weighted by Crippen LogP contribution is 2.15. The molecule has 0 aliphatic heterocycles. The van der Waals surface area contributed by atoms with E-state index >= 15 is 0 Å². The second-order valence-corrected chi connectivity index (χ2v) is 3.38. The fourth-order valence-corrected chi connectivity index (χ4v) is 1.49. The molecule has 66 valence electrons. The lowest BCUT2D eigenvalue weighted by atomic mass is 10.3. The SMILES string of the molecule is Fc1ccc(-n2cncc2Br)cc1. The second kappa shape index (κ2) is 3.30. The summed E-state index contributed by atoms with van der Waals surface area (Å²) >= 11 is 3.33. The molecular formula is C9H6BrFN2. The molecule has 0 atom stereocenters. The third kappa shape index (κ3) is 1.62. The Morgan fingerprint density at radius 1 is 1.23 bits per heavy atom. The van der Waals surface area contributed by atoms with Crippen LogP contribution in [0.15, 0.2) is 41.4 Å². The summed E-state index contributed by atoms with van der Waals surface area (Å²) in [6.07, 6.45) is 3.35. The van der Waals surface area contributed by atoms with Gasteiger partial charge in [-0.25, -0.2) is 9.37 Å². The molecule has 1 aromatic carbocycles. The van der Waals surface area contributed by atoms with Crippen molar-refractivity contribution in [1.82, 2.24) is 9.55 Å². The zero-order chi connectivity index (χ0) is 9.26. The van der Waals surface area contributed by atoms with E-state index in [0.29, 0.717) is 0 Å². The minimum Gasteiger partial charge on any atom is -0.293 e. The molecule has 0 aliphatic rings. The second-order valence-electron chi connectivity index (χ2n) is 2.56. The number of benzene rings is 1. The van der Waals surface area contributed by atoms with Gasteiger partial charge in [-0.2, -0.15) is 0 Å². The Morgan fingerprint density at radius 2 is 1.92 bits per heavy atom. The summed E-state index contributed by atoms with van der Waals surface area (Å²) in [5, 5.41) is 0. The summed E-state index contributed by atoms with van der Waals surface area (Å²) in [7, 11) is 0. The van der Waals surface area contributed by atoms with E-state index in [0.717, 1.165) is 10.3 Å². The van der Waals surface area contributed by atoms with E-state index < -0.39 is 0 Å². The van der Waals surface area contributed by atoms with Gasteiger partial charge in [-0.05, 0) is 40.2 Å². The molecule has 0 unspecified atom stereocenters. The third-order valence-electron chi connectivity index (χ3n) is 1.70. The van der Waals surface area contributed by atoms with Gasteiger partial charge in [0.15, 0.2) is 0 Å². The first kappa shape index (κ1) is 8.44. The molecule has 1 aromatic heterocycles. The van der Waals surface area contributed by atoms with Gasteiger partial charge in [0.1, 0.15) is 16.7 Å². The number of aromatic nitrogens is 2. The molecule has 13 heavy (non-hydrogen) atoms. The zero-order valence-corrected chi connectivity index (χ0v) is 8.20. The van der Waals surface area contributed by atoms with E-state index in [2.05, 4.69) is 20.9 Å². The standard InChI is InChI=1S/C9H6BrFN2/c10-9-5-12-6-13(9)8-3-1-7(11)2-4-8/h1-6H. The van der Waals surface area contributed by atoms with Crippen molar-refractivity contribution in [2.75, 3.05) is 0 Å². The fourth-order valence-electron chi connectivity index (χ4n) is 1.07. The van der Waals surface area contributed by atoms with E-state index in [-0.39, 0.29) is 5.82 Å².